The molecule has 2 aromatic carbocycles. The number of benzene rings is 2. The third kappa shape index (κ3) is 8.23. The molecule has 40 heavy (non-hydrogen) atoms. The lowest BCUT2D eigenvalue weighted by Crippen LogP contribution is -2.21. The Morgan fingerprint density at radius 3 is 2.23 bits per heavy atom. The average molecular weight is 649 g/mol. The molecule has 0 saturated heterocycles. The van der Waals surface area contributed by atoms with Crippen LogP contribution >= 0.6 is 37.3 Å². The van der Waals surface area contributed by atoms with Gasteiger partial charge in [0.1, 0.15) is 8.62 Å². The summed E-state index contributed by atoms with van der Waals surface area (Å²) in [6, 6.07) is 16.4. The zero-order valence-corrected chi connectivity index (χ0v) is 28.8. The molecular weight excluding hydrogens is 602 g/mol. The van der Waals surface area contributed by atoms with Crippen molar-refractivity contribution in [3.05, 3.63) is 85.1 Å². The fourth-order valence-corrected chi connectivity index (χ4v) is 6.92. The molecule has 0 amide bonds. The highest BCUT2D eigenvalue weighted by atomic mass is 79.9. The Balaban J connectivity index is 0.000000876. The largest absolute Gasteiger partial charge is 0.460 e. The molecule has 1 aliphatic carbocycles. The third-order valence-corrected chi connectivity index (χ3v) is 9.48. The number of hydrogen-bond acceptors (Lipinski definition) is 4. The van der Waals surface area contributed by atoms with Crippen molar-refractivity contribution in [2.45, 2.75) is 66.7 Å². The minimum absolute atomic E-state index is 0.176. The van der Waals surface area contributed by atoms with E-state index in [9.17, 15) is 9.59 Å². The van der Waals surface area contributed by atoms with Gasteiger partial charge < -0.3 is 4.74 Å². The Morgan fingerprint density at radius 1 is 0.975 bits per heavy atom. The summed E-state index contributed by atoms with van der Waals surface area (Å²) in [5, 5.41) is 2.41. The van der Waals surface area contributed by atoms with E-state index in [1.807, 2.05) is 47.6 Å². The van der Waals surface area contributed by atoms with Crippen molar-refractivity contribution in [3.8, 4) is 0 Å². The van der Waals surface area contributed by atoms with Crippen LogP contribution in [0.3, 0.4) is 0 Å². The number of halogens is 1. The van der Waals surface area contributed by atoms with Crippen molar-refractivity contribution in [1.29, 1.82) is 0 Å². The summed E-state index contributed by atoms with van der Waals surface area (Å²) in [5.41, 5.74) is 3.62. The van der Waals surface area contributed by atoms with E-state index >= 15 is 0 Å². The summed E-state index contributed by atoms with van der Waals surface area (Å²) in [4.78, 5) is 27.2. The van der Waals surface area contributed by atoms with Crippen LogP contribution in [0.15, 0.2) is 57.1 Å². The molecule has 0 unspecified atom stereocenters. The van der Waals surface area contributed by atoms with Crippen molar-refractivity contribution >= 4 is 58.9 Å². The second kappa shape index (κ2) is 15.8. The van der Waals surface area contributed by atoms with Gasteiger partial charge in [0.15, 0.2) is 5.69 Å². The Kier molecular flexibility index (Phi) is 13.5. The van der Waals surface area contributed by atoms with Gasteiger partial charge in [0.25, 0.3) is 5.56 Å². The average Bonchev–Trinajstić information content (AvgIpc) is 3.72. The van der Waals surface area contributed by atoms with E-state index in [4.69, 9.17) is 4.74 Å². The molecule has 0 spiro atoms. The number of thiazole rings is 1. The summed E-state index contributed by atoms with van der Waals surface area (Å²) in [7, 11) is -0.765. The number of esters is 1. The van der Waals surface area contributed by atoms with Crippen LogP contribution in [0.2, 0.25) is 0 Å². The normalized spacial score (nSPS) is 12.8. The molecule has 1 saturated carbocycles. The Bertz CT molecular complexity index is 1460. The highest BCUT2D eigenvalue weighted by Gasteiger charge is 2.32. The first kappa shape index (κ1) is 34.1. The van der Waals surface area contributed by atoms with Gasteiger partial charge in [0, 0.05) is 11.8 Å². The maximum Gasteiger partial charge on any atom is 0.357 e. The van der Waals surface area contributed by atoms with Crippen LogP contribution < -0.4 is 5.56 Å². The molecule has 0 bridgehead atoms. The van der Waals surface area contributed by atoms with E-state index in [-0.39, 0.29) is 5.56 Å². The minimum Gasteiger partial charge on any atom is -0.460 e. The predicted molar refractivity (Wildman–Crippen MR) is 183 cm³/mol. The van der Waals surface area contributed by atoms with E-state index in [0.29, 0.717) is 28.4 Å². The Labute approximate surface area is 254 Å². The van der Waals surface area contributed by atoms with Crippen molar-refractivity contribution < 1.29 is 9.53 Å². The number of rotatable bonds is 7. The molecule has 4 nitrogen and oxygen atoms in total. The molecule has 2 heterocycles. The molecule has 0 aliphatic heterocycles. The van der Waals surface area contributed by atoms with Crippen molar-refractivity contribution in [1.82, 2.24) is 4.40 Å². The predicted octanol–water partition coefficient (Wildman–Crippen LogP) is 9.67. The summed E-state index contributed by atoms with van der Waals surface area (Å²) in [6.45, 7) is 12.4. The second-order valence-electron chi connectivity index (χ2n) is 9.81. The van der Waals surface area contributed by atoms with Crippen LogP contribution in [-0.4, -0.2) is 41.5 Å². The molecule has 4 aromatic rings. The molecule has 1 fully saturated rings. The lowest BCUT2D eigenvalue weighted by atomic mass is 9.95. The number of carbonyl (C=O) groups excluding carboxylic acids is 1. The number of hydrogen-bond donors (Lipinski definition) is 0. The quantitative estimate of drug-likeness (QED) is 0.188. The summed E-state index contributed by atoms with van der Waals surface area (Å²) in [6.07, 6.45) is 9.50. The fourth-order valence-electron chi connectivity index (χ4n) is 4.41. The van der Waals surface area contributed by atoms with Crippen LogP contribution in [-0.2, 0) is 11.2 Å². The van der Waals surface area contributed by atoms with Crippen molar-refractivity contribution in [3.63, 3.8) is 0 Å². The molecule has 2 aromatic heterocycles. The molecule has 1 aliphatic rings. The molecule has 5 rings (SSSR count). The maximum atomic E-state index is 13.4. The van der Waals surface area contributed by atoms with Crippen LogP contribution in [0, 0.1) is 0 Å². The molecule has 220 valence electrons. The summed E-state index contributed by atoms with van der Waals surface area (Å²) >= 11 is 5.03. The molecular formula is C33H46BrNO3S2. The number of fused-ring (bicyclic) bond motifs is 2. The zero-order valence-electron chi connectivity index (χ0n) is 25.6. The first-order chi connectivity index (χ1) is 19.2. The lowest BCUT2D eigenvalue weighted by molar-refractivity contribution is 0.0520. The van der Waals surface area contributed by atoms with Gasteiger partial charge in [-0.25, -0.2) is 14.8 Å². The van der Waals surface area contributed by atoms with E-state index in [0.717, 1.165) is 29.0 Å². The van der Waals surface area contributed by atoms with Gasteiger partial charge in [-0.1, -0.05) is 84.0 Å². The monoisotopic (exact) mass is 647 g/mol. The van der Waals surface area contributed by atoms with Gasteiger partial charge in [0.05, 0.1) is 6.61 Å². The molecule has 7 heteroatoms. The topological polar surface area (TPSA) is 47.8 Å². The molecule has 0 N–H and O–H groups in total. The Hall–Kier alpha value is -2.09. The van der Waals surface area contributed by atoms with Crippen LogP contribution in [0.25, 0.3) is 15.6 Å². The van der Waals surface area contributed by atoms with Crippen molar-refractivity contribution in [2.75, 3.05) is 31.1 Å². The first-order valence-electron chi connectivity index (χ1n) is 14.4. The number of pyridine rings is 1. The second-order valence-corrected chi connectivity index (χ2v) is 16.7. The van der Waals surface area contributed by atoms with Crippen molar-refractivity contribution in [2.24, 2.45) is 0 Å². The van der Waals surface area contributed by atoms with E-state index < -0.39 is 16.0 Å². The number of aromatic nitrogens is 1. The van der Waals surface area contributed by atoms with E-state index in [1.54, 1.807) is 10.5 Å². The van der Waals surface area contributed by atoms with Gasteiger partial charge in [-0.05, 0) is 87.3 Å². The molecule has 0 atom stereocenters. The van der Waals surface area contributed by atoms with Gasteiger partial charge in [-0.3, -0.25) is 9.20 Å². The lowest BCUT2D eigenvalue weighted by Gasteiger charge is -2.24. The standard InChI is InChI=1S/C27H28BrNO3S2.3C2H6/c1-34(2,3)14-13-32-27(31)24-25(28)33-26-23(18-11-12-18)20(16-22(30)29(24)26)15-19-9-6-8-17-7-4-5-10-21(17)19;3*1-2/h4-10,16,18H,11-15H2,1-3H3;3*1-2H3. The highest BCUT2D eigenvalue weighted by Crippen LogP contribution is 2.46. The van der Waals surface area contributed by atoms with Gasteiger partial charge in [-0.2, -0.15) is 0 Å². The van der Waals surface area contributed by atoms with E-state index in [1.165, 1.54) is 33.2 Å². The van der Waals surface area contributed by atoms with E-state index in [2.05, 4.69) is 71.1 Å². The van der Waals surface area contributed by atoms with Crippen LogP contribution in [0.1, 0.15) is 87.5 Å². The summed E-state index contributed by atoms with van der Waals surface area (Å²) < 4.78 is 7.82. The number of ether oxygens (including phenoxy) is 1. The summed E-state index contributed by atoms with van der Waals surface area (Å²) in [5.74, 6) is 0.836. The van der Waals surface area contributed by atoms with Gasteiger partial charge >= 0.3 is 5.97 Å². The molecule has 0 radical (unpaired) electrons. The number of carbonyl (C=O) groups is 1. The smallest absolute Gasteiger partial charge is 0.357 e. The maximum absolute atomic E-state index is 13.4. The zero-order chi connectivity index (χ0) is 30.0. The minimum atomic E-state index is -0.765. The third-order valence-electron chi connectivity index (χ3n) is 6.26. The SMILES string of the molecule is CC.CC.CC.CS(C)(C)CCOC(=O)c1c(Br)sc2c(C3CC3)c(Cc3cccc4ccccc34)cc(=O)n12. The fraction of sp³-hybridized carbons (Fsp3) is 0.455. The van der Waals surface area contributed by atoms with Gasteiger partial charge in [-0.15, -0.1) is 11.3 Å². The van der Waals surface area contributed by atoms with Gasteiger partial charge in [0.2, 0.25) is 0 Å². The first-order valence-corrected chi connectivity index (χ1v) is 19.0. The highest BCUT2D eigenvalue weighted by molar-refractivity contribution is 9.11. The number of nitrogens with zero attached hydrogens (tertiary/aromatic N) is 1. The Morgan fingerprint density at radius 2 is 1.60 bits per heavy atom. The van der Waals surface area contributed by atoms with Crippen LogP contribution in [0.4, 0.5) is 0 Å². The van der Waals surface area contributed by atoms with Crippen LogP contribution in [0.5, 0.6) is 0 Å².